The van der Waals surface area contributed by atoms with Crippen LogP contribution in [0.15, 0.2) is 12.1 Å². The van der Waals surface area contributed by atoms with Gasteiger partial charge in [-0.3, -0.25) is 4.79 Å². The fourth-order valence-corrected chi connectivity index (χ4v) is 13.6. The molecular weight excluding hydrogens is 753 g/mol. The van der Waals surface area contributed by atoms with Gasteiger partial charge in [-0.25, -0.2) is 4.79 Å². The lowest BCUT2D eigenvalue weighted by Crippen LogP contribution is -2.69. The van der Waals surface area contributed by atoms with E-state index in [1.165, 1.54) is 50.3 Å². The molecule has 13 nitrogen and oxygen atoms in total. The summed E-state index contributed by atoms with van der Waals surface area (Å²) < 4.78 is 25.3. The summed E-state index contributed by atoms with van der Waals surface area (Å²) in [6.07, 6.45) is 3.05. The zero-order valence-electron chi connectivity index (χ0n) is 31.4. The van der Waals surface area contributed by atoms with Crippen LogP contribution in [0, 0.1) is 35.5 Å². The summed E-state index contributed by atoms with van der Waals surface area (Å²) in [5.41, 5.74) is -1.93. The number of carboxylic acids is 1. The van der Waals surface area contributed by atoms with Crippen LogP contribution < -0.4 is 4.74 Å². The molecule has 7 rings (SSSR count). The van der Waals surface area contributed by atoms with E-state index in [0.717, 1.165) is 37.1 Å². The fourth-order valence-electron chi connectivity index (χ4n) is 11.2. The maximum absolute atomic E-state index is 12.5. The number of carbonyl (C=O) groups excluding carboxylic acids is 1. The van der Waals surface area contributed by atoms with Gasteiger partial charge in [-0.2, -0.15) is 0 Å². The number of carboxylic acid groups (broad SMARTS) is 1. The van der Waals surface area contributed by atoms with Crippen molar-refractivity contribution in [3.05, 3.63) is 28.8 Å². The van der Waals surface area contributed by atoms with Crippen LogP contribution in [0.1, 0.15) is 97.4 Å². The predicted molar refractivity (Wildman–Crippen MR) is 206 cm³/mol. The first-order valence-corrected chi connectivity index (χ1v) is 21.9. The first kappa shape index (κ1) is 40.8. The first-order chi connectivity index (χ1) is 26.3. The molecule has 3 heterocycles. The monoisotopic (exact) mass is 806 g/mol. The number of carbonyl (C=O) groups is 2. The van der Waals surface area contributed by atoms with Crippen molar-refractivity contribution >= 4 is 44.1 Å². The number of aromatic carboxylic acids is 1. The minimum Gasteiger partial charge on any atom is -0.507 e. The van der Waals surface area contributed by atoms with E-state index in [2.05, 4.69) is 0 Å². The van der Waals surface area contributed by atoms with Crippen molar-refractivity contribution in [3.63, 3.8) is 0 Å². The van der Waals surface area contributed by atoms with Crippen LogP contribution >= 0.6 is 21.6 Å². The van der Waals surface area contributed by atoms with Crippen LogP contribution in [0.4, 0.5) is 0 Å². The largest absolute Gasteiger partial charge is 0.507 e. The van der Waals surface area contributed by atoms with E-state index < -0.39 is 60.1 Å². The number of rotatable bonds is 8. The Morgan fingerprint density at radius 3 is 2.45 bits per heavy atom. The number of ether oxygens (including phenoxy) is 4. The number of phenols is 2. The van der Waals surface area contributed by atoms with Crippen LogP contribution in [-0.2, 0) is 14.2 Å². The fraction of sp³-hybridized carbons (Fsp3) is 0.700. The topological polar surface area (TPSA) is 213 Å². The lowest BCUT2D eigenvalue weighted by Gasteiger charge is -2.58. The van der Waals surface area contributed by atoms with Crippen molar-refractivity contribution in [3.8, 4) is 17.2 Å². The maximum Gasteiger partial charge on any atom is 0.335 e. The smallest absolute Gasteiger partial charge is 0.335 e. The van der Waals surface area contributed by atoms with Crippen molar-refractivity contribution in [1.29, 1.82) is 0 Å². The highest BCUT2D eigenvalue weighted by molar-refractivity contribution is 8.76. The molecule has 0 radical (unpaired) electrons. The number of Topliss-reactive ketones (excluding diaryl/α,β-unsaturated/α-hetero) is 1. The first-order valence-electron chi connectivity index (χ1n) is 19.4. The van der Waals surface area contributed by atoms with Crippen LogP contribution in [0.3, 0.4) is 0 Å². The molecule has 15 heteroatoms. The standard InChI is InChI=1S/C40H54O13S2/c1-21-29(22(2)43)33(45)30-26(32(21)44)12-24(36(48)49)13-27(30)52-37-34(46)35(47)40(28(16-42)53-37)10-6-23-14-38(7-3-4-8-38)15-25-17-50-18-39(31(23)25,9-5-11-41)19-54-55-20-51-40/h12-13,23,25,28,31,34-35,37,41-42,44-47H,3-11,14-20H2,1-2H3,(H,48,49)/t23-,25+,28-,31-,34-,35-,37-,39-,40-/m1/s1. The highest BCUT2D eigenvalue weighted by atomic mass is 33.1. The SMILES string of the molecule is CC(=O)c1c(C)c(O)c2cc(C(=O)O)cc(O[C@@H]3O[C@H](CO)[C@]4(CC[C@@H]5CC6(CCCC6)C[C@H]6COC[C@](CCCO)(CSSCO4)[C@H]56)[C@H](O)[C@H]3O)c2c1O. The lowest BCUT2D eigenvalue weighted by molar-refractivity contribution is -0.323. The normalized spacial score (nSPS) is 35.0. The minimum atomic E-state index is -1.77. The summed E-state index contributed by atoms with van der Waals surface area (Å²) in [4.78, 5) is 24.7. The predicted octanol–water partition coefficient (Wildman–Crippen LogP) is 5.16. The highest BCUT2D eigenvalue weighted by Crippen LogP contribution is 2.62. The van der Waals surface area contributed by atoms with Crippen LogP contribution in [0.25, 0.3) is 10.8 Å². The number of aliphatic hydroxyl groups excluding tert-OH is 4. The second kappa shape index (κ2) is 16.1. The van der Waals surface area contributed by atoms with Crippen LogP contribution in [0.5, 0.6) is 17.2 Å². The van der Waals surface area contributed by atoms with Gasteiger partial charge in [-0.1, -0.05) is 34.4 Å². The molecule has 55 heavy (non-hydrogen) atoms. The molecule has 2 aromatic carbocycles. The molecular formula is C40H54O13S2. The average molecular weight is 807 g/mol. The maximum atomic E-state index is 12.5. The summed E-state index contributed by atoms with van der Waals surface area (Å²) >= 11 is 0. The quantitative estimate of drug-likeness (QED) is 0.104. The third kappa shape index (κ3) is 7.24. The Hall–Kier alpha value is -2.34. The lowest BCUT2D eigenvalue weighted by atomic mass is 9.51. The number of benzene rings is 2. The molecule has 7 N–H and O–H groups in total. The van der Waals surface area contributed by atoms with E-state index in [1.54, 1.807) is 10.8 Å². The second-order valence-electron chi connectivity index (χ2n) is 16.7. The summed E-state index contributed by atoms with van der Waals surface area (Å²) in [5.74, 6) is -1.38. The van der Waals surface area contributed by atoms with E-state index in [1.807, 2.05) is 0 Å². The molecule has 3 saturated heterocycles. The molecule has 3 aliphatic heterocycles. The van der Waals surface area contributed by atoms with Crippen molar-refractivity contribution in [2.24, 2.45) is 28.6 Å². The van der Waals surface area contributed by atoms with E-state index in [4.69, 9.17) is 18.9 Å². The molecule has 0 amide bonds. The Morgan fingerprint density at radius 2 is 1.76 bits per heavy atom. The number of hydrogen-bond acceptors (Lipinski definition) is 14. The summed E-state index contributed by atoms with van der Waals surface area (Å²) in [7, 11) is 3.15. The second-order valence-corrected chi connectivity index (χ2v) is 19.1. The third-order valence-electron chi connectivity index (χ3n) is 13.6. The Labute approximate surface area is 328 Å². The van der Waals surface area contributed by atoms with Gasteiger partial charge in [0.2, 0.25) is 6.29 Å². The van der Waals surface area contributed by atoms with E-state index >= 15 is 0 Å². The zero-order chi connectivity index (χ0) is 39.3. The number of ketones is 1. The molecule has 0 aromatic heterocycles. The van der Waals surface area contributed by atoms with Crippen molar-refractivity contribution in [2.45, 2.75) is 108 Å². The van der Waals surface area contributed by atoms with Crippen LogP contribution in [0.2, 0.25) is 0 Å². The number of aromatic hydroxyl groups is 2. The molecule has 2 aliphatic carbocycles. The zero-order valence-corrected chi connectivity index (χ0v) is 33.0. The molecule has 5 aliphatic rings. The van der Waals surface area contributed by atoms with Gasteiger partial charge in [0, 0.05) is 35.3 Å². The van der Waals surface area contributed by atoms with Crippen molar-refractivity contribution in [1.82, 2.24) is 0 Å². The molecule has 304 valence electrons. The minimum absolute atomic E-state index is 0.0483. The number of hydrogen-bond donors (Lipinski definition) is 7. The van der Waals surface area contributed by atoms with Gasteiger partial charge in [0.05, 0.1) is 29.7 Å². The number of fused-ring (bicyclic) bond motifs is 1. The molecule has 2 aromatic rings. The Bertz CT molecular complexity index is 1760. The Kier molecular flexibility index (Phi) is 12.0. The van der Waals surface area contributed by atoms with E-state index in [0.29, 0.717) is 37.9 Å². The summed E-state index contributed by atoms with van der Waals surface area (Å²) in [5, 5.41) is 76.8. The van der Waals surface area contributed by atoms with Gasteiger partial charge in [0.1, 0.15) is 47.1 Å². The van der Waals surface area contributed by atoms with Gasteiger partial charge < -0.3 is 54.7 Å². The molecule has 9 atom stereocenters. The van der Waals surface area contributed by atoms with Gasteiger partial charge in [0.15, 0.2) is 5.78 Å². The van der Waals surface area contributed by atoms with Crippen LogP contribution in [-0.4, -0.2) is 116 Å². The molecule has 0 unspecified atom stereocenters. The van der Waals surface area contributed by atoms with Gasteiger partial charge in [-0.05, 0) is 101 Å². The molecule has 2 spiro atoms. The summed E-state index contributed by atoms with van der Waals surface area (Å²) in [6, 6.07) is 2.22. The van der Waals surface area contributed by atoms with Gasteiger partial charge in [-0.15, -0.1) is 0 Å². The summed E-state index contributed by atoms with van der Waals surface area (Å²) in [6.45, 7) is 3.46. The Morgan fingerprint density at radius 1 is 1.02 bits per heavy atom. The molecule has 0 bridgehead atoms. The average Bonchev–Trinajstić information content (AvgIpc) is 3.59. The van der Waals surface area contributed by atoms with Crippen molar-refractivity contribution < 1.29 is 64.3 Å². The van der Waals surface area contributed by atoms with Crippen molar-refractivity contribution in [2.75, 3.05) is 38.1 Å². The number of aliphatic hydroxyl groups is 4. The van der Waals surface area contributed by atoms with Gasteiger partial charge in [0.25, 0.3) is 0 Å². The molecule has 2 saturated carbocycles. The number of phenolic OH excluding ortho intramolecular Hbond substituents is 2. The molecule has 5 fully saturated rings. The van der Waals surface area contributed by atoms with E-state index in [9.17, 15) is 45.3 Å². The van der Waals surface area contributed by atoms with Gasteiger partial charge >= 0.3 is 5.97 Å². The highest BCUT2D eigenvalue weighted by Gasteiger charge is 2.60. The third-order valence-corrected chi connectivity index (χ3v) is 15.8. The Balaban J connectivity index is 1.24. The van der Waals surface area contributed by atoms with E-state index in [-0.39, 0.29) is 68.9 Å².